The molecule has 3 aromatic rings. The molecular weight excluding hydrogens is 400 g/mol. The highest BCUT2D eigenvalue weighted by Crippen LogP contribution is 2.29. The first-order valence-electron chi connectivity index (χ1n) is 9.72. The van der Waals surface area contributed by atoms with Gasteiger partial charge in [0.25, 0.3) is 0 Å². The van der Waals surface area contributed by atoms with E-state index in [4.69, 9.17) is 4.74 Å². The minimum absolute atomic E-state index is 0.0246. The number of ketones is 1. The maximum Gasteiger partial charge on any atom is 0.186 e. The lowest BCUT2D eigenvalue weighted by molar-refractivity contribution is 0.0977. The summed E-state index contributed by atoms with van der Waals surface area (Å²) in [6.45, 7) is 0.794. The van der Waals surface area contributed by atoms with Crippen LogP contribution < -0.4 is 4.74 Å². The number of pyridine rings is 1. The number of Topliss-reactive ketones (excluding diaryl/α,β-unsaturated/α-hetero) is 1. The summed E-state index contributed by atoms with van der Waals surface area (Å²) in [6.07, 6.45) is 2.64. The van der Waals surface area contributed by atoms with Crippen LogP contribution in [0.3, 0.4) is 0 Å². The maximum atomic E-state index is 13.2. The lowest BCUT2D eigenvalue weighted by atomic mass is 10.1. The second-order valence-electron chi connectivity index (χ2n) is 7.49. The first-order valence-corrected chi connectivity index (χ1v) is 11.4. The molecule has 0 spiro atoms. The first kappa shape index (κ1) is 21.9. The topological polar surface area (TPSA) is 76.6 Å². The van der Waals surface area contributed by atoms with Crippen LogP contribution in [0.4, 0.5) is 0 Å². The summed E-state index contributed by atoms with van der Waals surface area (Å²) in [6, 6.07) is 14.0. The van der Waals surface area contributed by atoms with Gasteiger partial charge in [-0.1, -0.05) is 18.2 Å². The molecule has 1 aromatic heterocycles. The van der Waals surface area contributed by atoms with E-state index < -0.39 is 9.84 Å². The van der Waals surface area contributed by atoms with Crippen LogP contribution in [0.2, 0.25) is 0 Å². The summed E-state index contributed by atoms with van der Waals surface area (Å²) >= 11 is 0. The van der Waals surface area contributed by atoms with Gasteiger partial charge in [-0.05, 0) is 63.0 Å². The van der Waals surface area contributed by atoms with Crippen LogP contribution in [0.5, 0.6) is 5.75 Å². The standard InChI is InChI=1S/C23H26N2O4S/c1-25(2)12-6-9-21(26)19-10-11-22(29-3)23(14-19)30(27,28)16-17-13-18-7-4-5-8-20(18)24-15-17/h4-5,7-8,10-11,13-15H,6,9,12,16H2,1-3H3. The number of hydrogen-bond donors (Lipinski definition) is 0. The molecule has 6 nitrogen and oxygen atoms in total. The number of ether oxygens (including phenoxy) is 1. The zero-order chi connectivity index (χ0) is 21.7. The fourth-order valence-electron chi connectivity index (χ4n) is 3.29. The summed E-state index contributed by atoms with van der Waals surface area (Å²) in [5, 5.41) is 0.877. The molecule has 0 saturated heterocycles. The highest BCUT2D eigenvalue weighted by Gasteiger charge is 2.22. The number of fused-ring (bicyclic) bond motifs is 1. The molecular formula is C23H26N2O4S. The molecule has 0 aliphatic rings. The Balaban J connectivity index is 1.88. The van der Waals surface area contributed by atoms with E-state index in [1.807, 2.05) is 49.3 Å². The summed E-state index contributed by atoms with van der Waals surface area (Å²) < 4.78 is 31.6. The van der Waals surface area contributed by atoms with Crippen LogP contribution in [0.1, 0.15) is 28.8 Å². The van der Waals surface area contributed by atoms with Gasteiger partial charge in [-0.25, -0.2) is 8.42 Å². The predicted molar refractivity (Wildman–Crippen MR) is 118 cm³/mol. The minimum atomic E-state index is -3.74. The molecule has 0 saturated carbocycles. The monoisotopic (exact) mass is 426 g/mol. The predicted octanol–water partition coefficient (Wildman–Crippen LogP) is 3.74. The molecule has 30 heavy (non-hydrogen) atoms. The van der Waals surface area contributed by atoms with E-state index in [1.54, 1.807) is 18.3 Å². The SMILES string of the molecule is COc1ccc(C(=O)CCCN(C)C)cc1S(=O)(=O)Cc1cnc2ccccc2c1. The van der Waals surface area contributed by atoms with Crippen LogP contribution in [0.15, 0.2) is 59.6 Å². The lowest BCUT2D eigenvalue weighted by Crippen LogP contribution is -2.14. The van der Waals surface area contributed by atoms with E-state index in [0.717, 1.165) is 17.4 Å². The summed E-state index contributed by atoms with van der Waals surface area (Å²) in [7, 11) is 1.58. The molecule has 0 amide bonds. The first-order chi connectivity index (χ1) is 14.3. The fraction of sp³-hybridized carbons (Fsp3) is 0.304. The smallest absolute Gasteiger partial charge is 0.186 e. The molecule has 1 heterocycles. The number of hydrogen-bond acceptors (Lipinski definition) is 6. The minimum Gasteiger partial charge on any atom is -0.495 e. The highest BCUT2D eigenvalue weighted by molar-refractivity contribution is 7.90. The summed E-state index contributed by atoms with van der Waals surface area (Å²) in [5.74, 6) is -0.0728. The third kappa shape index (κ3) is 5.23. The van der Waals surface area contributed by atoms with Gasteiger partial charge in [0.1, 0.15) is 10.6 Å². The van der Waals surface area contributed by atoms with Crippen molar-refractivity contribution in [2.45, 2.75) is 23.5 Å². The molecule has 2 aromatic carbocycles. The molecule has 0 radical (unpaired) electrons. The van der Waals surface area contributed by atoms with E-state index in [2.05, 4.69) is 4.98 Å². The van der Waals surface area contributed by atoms with Crippen LogP contribution in [-0.4, -0.2) is 51.8 Å². The Hall–Kier alpha value is -2.77. The van der Waals surface area contributed by atoms with E-state index >= 15 is 0 Å². The lowest BCUT2D eigenvalue weighted by Gasteiger charge is -2.12. The Kier molecular flexibility index (Phi) is 6.84. The number of aromatic nitrogens is 1. The van der Waals surface area contributed by atoms with E-state index in [1.165, 1.54) is 13.2 Å². The van der Waals surface area contributed by atoms with Crippen molar-refractivity contribution in [1.29, 1.82) is 0 Å². The second kappa shape index (κ2) is 9.36. The van der Waals surface area contributed by atoms with Gasteiger partial charge < -0.3 is 9.64 Å². The van der Waals surface area contributed by atoms with Crippen LogP contribution >= 0.6 is 0 Å². The third-order valence-corrected chi connectivity index (χ3v) is 6.54. The van der Waals surface area contributed by atoms with Gasteiger partial charge in [0, 0.05) is 23.6 Å². The number of methoxy groups -OCH3 is 1. The van der Waals surface area contributed by atoms with E-state index in [0.29, 0.717) is 24.0 Å². The van der Waals surface area contributed by atoms with Gasteiger partial charge in [0.15, 0.2) is 15.6 Å². The van der Waals surface area contributed by atoms with Crippen molar-refractivity contribution >= 4 is 26.5 Å². The van der Waals surface area contributed by atoms with Crippen molar-refractivity contribution in [3.8, 4) is 5.75 Å². The van der Waals surface area contributed by atoms with Crippen molar-refractivity contribution in [1.82, 2.24) is 9.88 Å². The Morgan fingerprint density at radius 3 is 2.60 bits per heavy atom. The molecule has 3 rings (SSSR count). The van der Waals surface area contributed by atoms with Gasteiger partial charge in [-0.15, -0.1) is 0 Å². The zero-order valence-electron chi connectivity index (χ0n) is 17.5. The Bertz CT molecular complexity index is 1160. The van der Waals surface area contributed by atoms with Gasteiger partial charge >= 0.3 is 0 Å². The summed E-state index contributed by atoms with van der Waals surface area (Å²) in [4.78, 5) is 18.9. The number of benzene rings is 2. The molecule has 0 bridgehead atoms. The number of para-hydroxylation sites is 1. The van der Waals surface area contributed by atoms with Crippen molar-refractivity contribution < 1.29 is 17.9 Å². The van der Waals surface area contributed by atoms with Crippen LogP contribution in [0, 0.1) is 0 Å². The number of rotatable bonds is 9. The Morgan fingerprint density at radius 2 is 1.87 bits per heavy atom. The largest absolute Gasteiger partial charge is 0.495 e. The molecule has 0 aliphatic heterocycles. The van der Waals surface area contributed by atoms with Crippen LogP contribution in [-0.2, 0) is 15.6 Å². The maximum absolute atomic E-state index is 13.2. The van der Waals surface area contributed by atoms with Crippen molar-refractivity contribution in [2.75, 3.05) is 27.7 Å². The molecule has 0 aliphatic carbocycles. The molecule has 7 heteroatoms. The number of carbonyl (C=O) groups excluding carboxylic acids is 1. The second-order valence-corrected chi connectivity index (χ2v) is 9.45. The average Bonchev–Trinajstić information content (AvgIpc) is 2.72. The molecule has 0 N–H and O–H groups in total. The third-order valence-electron chi connectivity index (χ3n) is 4.83. The van der Waals surface area contributed by atoms with Crippen molar-refractivity contribution in [3.63, 3.8) is 0 Å². The Labute approximate surface area is 177 Å². The number of carbonyl (C=O) groups is 1. The summed E-state index contributed by atoms with van der Waals surface area (Å²) in [5.41, 5.74) is 1.77. The number of sulfone groups is 1. The number of nitrogens with zero attached hydrogens (tertiary/aromatic N) is 2. The van der Waals surface area contributed by atoms with E-state index in [-0.39, 0.29) is 22.2 Å². The molecule has 158 valence electrons. The van der Waals surface area contributed by atoms with Gasteiger partial charge in [0.05, 0.1) is 18.4 Å². The average molecular weight is 427 g/mol. The van der Waals surface area contributed by atoms with Crippen molar-refractivity contribution in [3.05, 3.63) is 65.9 Å². The van der Waals surface area contributed by atoms with E-state index in [9.17, 15) is 13.2 Å². The van der Waals surface area contributed by atoms with Crippen LogP contribution in [0.25, 0.3) is 10.9 Å². The quantitative estimate of drug-likeness (QED) is 0.485. The van der Waals surface area contributed by atoms with Crippen molar-refractivity contribution in [2.24, 2.45) is 0 Å². The molecule has 0 unspecified atom stereocenters. The fourth-order valence-corrected chi connectivity index (χ4v) is 4.80. The zero-order valence-corrected chi connectivity index (χ0v) is 18.3. The van der Waals surface area contributed by atoms with Gasteiger partial charge in [-0.2, -0.15) is 0 Å². The Morgan fingerprint density at radius 1 is 1.10 bits per heavy atom. The van der Waals surface area contributed by atoms with Gasteiger partial charge in [-0.3, -0.25) is 9.78 Å². The molecule has 0 fully saturated rings. The molecule has 0 atom stereocenters. The van der Waals surface area contributed by atoms with Gasteiger partial charge in [0.2, 0.25) is 0 Å². The highest BCUT2D eigenvalue weighted by atomic mass is 32.2. The normalized spacial score (nSPS) is 11.7.